The van der Waals surface area contributed by atoms with Crippen molar-refractivity contribution < 1.29 is 14.3 Å². The normalized spacial score (nSPS) is 10.1. The Labute approximate surface area is 92.0 Å². The highest BCUT2D eigenvalue weighted by Crippen LogP contribution is 2.24. The number of benzene rings is 2. The number of hydrogen-bond acceptors (Lipinski definition) is 2. The second-order valence-electron chi connectivity index (χ2n) is 3.34. The Morgan fingerprint density at radius 1 is 1.06 bits per heavy atom. The second-order valence-corrected chi connectivity index (χ2v) is 3.34. The van der Waals surface area contributed by atoms with E-state index in [1.54, 1.807) is 24.3 Å². The van der Waals surface area contributed by atoms with Crippen molar-refractivity contribution in [3.63, 3.8) is 0 Å². The Balaban J connectivity index is 2.63. The molecule has 0 saturated carbocycles. The van der Waals surface area contributed by atoms with Crippen LogP contribution in [0.3, 0.4) is 0 Å². The third kappa shape index (κ3) is 1.93. The fraction of sp³-hybridized carbons (Fsp3) is 0. The zero-order valence-electron chi connectivity index (χ0n) is 8.31. The van der Waals surface area contributed by atoms with Crippen molar-refractivity contribution in [3.05, 3.63) is 59.9 Å². The van der Waals surface area contributed by atoms with Gasteiger partial charge in [0.1, 0.15) is 5.82 Å². The summed E-state index contributed by atoms with van der Waals surface area (Å²) in [6.45, 7) is 0. The SMILES string of the molecule is O=C([O-])c1ccc(F)cc1-c1ccccc1. The van der Waals surface area contributed by atoms with Gasteiger partial charge in [-0.3, -0.25) is 0 Å². The quantitative estimate of drug-likeness (QED) is 0.767. The molecule has 80 valence electrons. The Morgan fingerprint density at radius 3 is 2.38 bits per heavy atom. The maximum atomic E-state index is 13.1. The molecule has 0 aliphatic heterocycles. The molecule has 2 aromatic carbocycles. The van der Waals surface area contributed by atoms with E-state index in [-0.39, 0.29) is 5.56 Å². The highest BCUT2D eigenvalue weighted by molar-refractivity contribution is 5.94. The largest absolute Gasteiger partial charge is 0.545 e. The molecule has 2 nitrogen and oxygen atoms in total. The van der Waals surface area contributed by atoms with Gasteiger partial charge < -0.3 is 9.90 Å². The number of carbonyl (C=O) groups is 1. The molecule has 0 spiro atoms. The van der Waals surface area contributed by atoms with Gasteiger partial charge in [0.05, 0.1) is 5.97 Å². The number of hydrogen-bond donors (Lipinski definition) is 0. The molecule has 0 saturated heterocycles. The first-order valence-corrected chi connectivity index (χ1v) is 4.75. The number of carbonyl (C=O) groups excluding carboxylic acids is 1. The first kappa shape index (κ1) is 10.4. The summed E-state index contributed by atoms with van der Waals surface area (Å²) in [4.78, 5) is 10.9. The van der Waals surface area contributed by atoms with Gasteiger partial charge in [0, 0.05) is 5.56 Å². The van der Waals surface area contributed by atoms with Crippen molar-refractivity contribution in [1.29, 1.82) is 0 Å². The Morgan fingerprint density at radius 2 is 1.75 bits per heavy atom. The Bertz CT molecular complexity index is 521. The lowest BCUT2D eigenvalue weighted by atomic mass is 10.00. The van der Waals surface area contributed by atoms with Crippen molar-refractivity contribution in [3.8, 4) is 11.1 Å². The van der Waals surface area contributed by atoms with E-state index in [0.717, 1.165) is 6.07 Å². The van der Waals surface area contributed by atoms with Gasteiger partial charge in [-0.2, -0.15) is 0 Å². The standard InChI is InChI=1S/C13H9FO2/c14-10-6-7-11(13(15)16)12(8-10)9-4-2-1-3-5-9/h1-8H,(H,15,16)/p-1. The molecule has 0 radical (unpaired) electrons. The number of aromatic carboxylic acids is 1. The minimum absolute atomic E-state index is 0.00685. The fourth-order valence-corrected chi connectivity index (χ4v) is 1.55. The van der Waals surface area contributed by atoms with Crippen molar-refractivity contribution in [2.75, 3.05) is 0 Å². The summed E-state index contributed by atoms with van der Waals surface area (Å²) in [7, 11) is 0. The van der Waals surface area contributed by atoms with Gasteiger partial charge in [-0.15, -0.1) is 0 Å². The summed E-state index contributed by atoms with van der Waals surface area (Å²) in [6, 6.07) is 12.3. The van der Waals surface area contributed by atoms with Crippen molar-refractivity contribution in [1.82, 2.24) is 0 Å². The van der Waals surface area contributed by atoms with Crippen LogP contribution in [-0.4, -0.2) is 5.97 Å². The van der Waals surface area contributed by atoms with Gasteiger partial charge in [-0.05, 0) is 29.3 Å². The number of carboxylic acid groups (broad SMARTS) is 1. The number of carboxylic acids is 1. The van der Waals surface area contributed by atoms with E-state index in [1.807, 2.05) is 6.07 Å². The third-order valence-corrected chi connectivity index (χ3v) is 2.29. The summed E-state index contributed by atoms with van der Waals surface area (Å²) < 4.78 is 13.1. The van der Waals surface area contributed by atoms with Crippen LogP contribution in [0.5, 0.6) is 0 Å². The lowest BCUT2D eigenvalue weighted by molar-refractivity contribution is -0.254. The predicted molar refractivity (Wildman–Crippen MR) is 56.2 cm³/mol. The van der Waals surface area contributed by atoms with Crippen LogP contribution >= 0.6 is 0 Å². The molecule has 0 amide bonds. The third-order valence-electron chi connectivity index (χ3n) is 2.29. The molecule has 0 atom stereocenters. The van der Waals surface area contributed by atoms with E-state index in [9.17, 15) is 14.3 Å². The predicted octanol–water partition coefficient (Wildman–Crippen LogP) is 1.86. The van der Waals surface area contributed by atoms with E-state index in [0.29, 0.717) is 11.1 Å². The van der Waals surface area contributed by atoms with Gasteiger partial charge >= 0.3 is 0 Å². The van der Waals surface area contributed by atoms with Gasteiger partial charge in [0.2, 0.25) is 0 Å². The first-order valence-electron chi connectivity index (χ1n) is 4.75. The zero-order chi connectivity index (χ0) is 11.5. The van der Waals surface area contributed by atoms with Gasteiger partial charge in [0.25, 0.3) is 0 Å². The molecule has 16 heavy (non-hydrogen) atoms. The highest BCUT2D eigenvalue weighted by Gasteiger charge is 2.06. The summed E-state index contributed by atoms with van der Waals surface area (Å²) in [6.07, 6.45) is 0. The van der Waals surface area contributed by atoms with Crippen molar-refractivity contribution in [2.45, 2.75) is 0 Å². The van der Waals surface area contributed by atoms with Crippen molar-refractivity contribution >= 4 is 5.97 Å². The van der Waals surface area contributed by atoms with Crippen LogP contribution in [0, 0.1) is 5.82 Å². The fourth-order valence-electron chi connectivity index (χ4n) is 1.55. The molecule has 0 unspecified atom stereocenters. The summed E-state index contributed by atoms with van der Waals surface area (Å²) in [5, 5.41) is 10.9. The van der Waals surface area contributed by atoms with E-state index >= 15 is 0 Å². The second kappa shape index (κ2) is 4.14. The van der Waals surface area contributed by atoms with Crippen LogP contribution < -0.4 is 5.11 Å². The van der Waals surface area contributed by atoms with Crippen LogP contribution in [0.25, 0.3) is 11.1 Å². The average Bonchev–Trinajstić information content (AvgIpc) is 2.29. The molecular weight excluding hydrogens is 207 g/mol. The highest BCUT2D eigenvalue weighted by atomic mass is 19.1. The monoisotopic (exact) mass is 215 g/mol. The molecule has 0 N–H and O–H groups in total. The Kier molecular flexibility index (Phi) is 2.68. The smallest absolute Gasteiger partial charge is 0.123 e. The lowest BCUT2D eigenvalue weighted by Crippen LogP contribution is -2.23. The van der Waals surface area contributed by atoms with E-state index < -0.39 is 11.8 Å². The molecule has 0 heterocycles. The molecule has 2 rings (SSSR count). The van der Waals surface area contributed by atoms with Crippen LogP contribution in [0.4, 0.5) is 4.39 Å². The van der Waals surface area contributed by atoms with Crippen LogP contribution in [0.1, 0.15) is 10.4 Å². The number of halogens is 1. The molecular formula is C13H8FO2-. The van der Waals surface area contributed by atoms with Crippen LogP contribution in [0.2, 0.25) is 0 Å². The Hall–Kier alpha value is -2.16. The van der Waals surface area contributed by atoms with Crippen LogP contribution in [-0.2, 0) is 0 Å². The topological polar surface area (TPSA) is 40.1 Å². The van der Waals surface area contributed by atoms with Gasteiger partial charge in [-0.25, -0.2) is 4.39 Å². The summed E-state index contributed by atoms with van der Waals surface area (Å²) >= 11 is 0. The average molecular weight is 215 g/mol. The minimum atomic E-state index is -1.31. The molecule has 0 fully saturated rings. The molecule has 0 aromatic heterocycles. The molecule has 3 heteroatoms. The van der Waals surface area contributed by atoms with E-state index in [4.69, 9.17) is 0 Å². The zero-order valence-corrected chi connectivity index (χ0v) is 8.31. The lowest BCUT2D eigenvalue weighted by Gasteiger charge is -2.10. The maximum Gasteiger partial charge on any atom is 0.123 e. The number of rotatable bonds is 2. The molecule has 0 aliphatic rings. The van der Waals surface area contributed by atoms with E-state index in [1.165, 1.54) is 12.1 Å². The summed E-state index contributed by atoms with van der Waals surface area (Å²) in [5.41, 5.74) is 0.981. The van der Waals surface area contributed by atoms with Gasteiger partial charge in [0.15, 0.2) is 0 Å². The molecule has 0 aliphatic carbocycles. The van der Waals surface area contributed by atoms with Crippen molar-refractivity contribution in [2.24, 2.45) is 0 Å². The molecule has 2 aromatic rings. The maximum absolute atomic E-state index is 13.1. The van der Waals surface area contributed by atoms with E-state index in [2.05, 4.69) is 0 Å². The summed E-state index contributed by atoms with van der Waals surface area (Å²) in [5.74, 6) is -1.78. The van der Waals surface area contributed by atoms with Gasteiger partial charge in [-0.1, -0.05) is 30.3 Å². The minimum Gasteiger partial charge on any atom is -0.545 e. The molecule has 0 bridgehead atoms. The van der Waals surface area contributed by atoms with Crippen LogP contribution in [0.15, 0.2) is 48.5 Å². The first-order chi connectivity index (χ1) is 7.68.